The molecule has 4 heteroatoms. The van der Waals surface area contributed by atoms with E-state index in [2.05, 4.69) is 10.6 Å². The van der Waals surface area contributed by atoms with Gasteiger partial charge in [-0.05, 0) is 17.7 Å². The van der Waals surface area contributed by atoms with Crippen LogP contribution >= 0.6 is 0 Å². The van der Waals surface area contributed by atoms with Crippen molar-refractivity contribution in [3.05, 3.63) is 54.0 Å². The molecule has 2 heterocycles. The fourth-order valence-corrected chi connectivity index (χ4v) is 2.16. The number of benzene rings is 1. The molecule has 1 amide bonds. The Hall–Kier alpha value is -2.23. The molecule has 92 valence electrons. The normalized spacial score (nSPS) is 17.0. The first kappa shape index (κ1) is 10.9. The maximum absolute atomic E-state index is 12.0. The van der Waals surface area contributed by atoms with Crippen molar-refractivity contribution in [3.8, 4) is 0 Å². The van der Waals surface area contributed by atoms with Crippen molar-refractivity contribution in [3.63, 3.8) is 0 Å². The highest BCUT2D eigenvalue weighted by Crippen LogP contribution is 2.25. The molecule has 2 N–H and O–H groups in total. The predicted octanol–water partition coefficient (Wildman–Crippen LogP) is 1.93. The topological polar surface area (TPSA) is 54.3 Å². The third-order valence-corrected chi connectivity index (χ3v) is 3.13. The van der Waals surface area contributed by atoms with Crippen LogP contribution in [0.15, 0.2) is 47.3 Å². The molecular weight excluding hydrogens is 228 g/mol. The Morgan fingerprint density at radius 1 is 1.39 bits per heavy atom. The summed E-state index contributed by atoms with van der Waals surface area (Å²) in [7, 11) is 0. The van der Waals surface area contributed by atoms with E-state index in [9.17, 15) is 4.79 Å². The number of nitrogens with one attached hydrogen (secondary N) is 2. The Morgan fingerprint density at radius 3 is 3.06 bits per heavy atom. The number of anilines is 1. The van der Waals surface area contributed by atoms with Crippen LogP contribution in [0.3, 0.4) is 0 Å². The second-order valence-electron chi connectivity index (χ2n) is 4.41. The van der Waals surface area contributed by atoms with Crippen LogP contribution in [-0.4, -0.2) is 11.9 Å². The highest BCUT2D eigenvalue weighted by Gasteiger charge is 2.25. The largest absolute Gasteiger partial charge is 0.472 e. The van der Waals surface area contributed by atoms with Crippen molar-refractivity contribution in [2.45, 2.75) is 19.0 Å². The smallest absolute Gasteiger partial charge is 0.243 e. The summed E-state index contributed by atoms with van der Waals surface area (Å²) in [4.78, 5) is 12.0. The van der Waals surface area contributed by atoms with Crippen LogP contribution in [-0.2, 0) is 17.8 Å². The molecule has 0 radical (unpaired) electrons. The maximum Gasteiger partial charge on any atom is 0.243 e. The van der Waals surface area contributed by atoms with E-state index in [0.29, 0.717) is 6.54 Å². The number of para-hydroxylation sites is 1. The number of carbonyl (C=O) groups is 1. The number of amides is 1. The molecule has 0 aliphatic carbocycles. The van der Waals surface area contributed by atoms with E-state index in [-0.39, 0.29) is 11.9 Å². The van der Waals surface area contributed by atoms with Crippen LogP contribution in [0.2, 0.25) is 0 Å². The molecule has 0 fully saturated rings. The molecule has 1 aromatic heterocycles. The van der Waals surface area contributed by atoms with Crippen LogP contribution in [0.5, 0.6) is 0 Å². The van der Waals surface area contributed by atoms with Crippen LogP contribution in [0.25, 0.3) is 0 Å². The molecular formula is C14H14N2O2. The summed E-state index contributed by atoms with van der Waals surface area (Å²) >= 11 is 0. The summed E-state index contributed by atoms with van der Waals surface area (Å²) in [6.07, 6.45) is 3.98. The average molecular weight is 242 g/mol. The molecule has 1 aliphatic rings. The van der Waals surface area contributed by atoms with Gasteiger partial charge in [-0.15, -0.1) is 0 Å². The third kappa shape index (κ3) is 2.09. The Labute approximate surface area is 105 Å². The van der Waals surface area contributed by atoms with Gasteiger partial charge < -0.3 is 15.1 Å². The van der Waals surface area contributed by atoms with Gasteiger partial charge in [0.15, 0.2) is 0 Å². The molecule has 1 atom stereocenters. The fourth-order valence-electron chi connectivity index (χ4n) is 2.16. The Kier molecular flexibility index (Phi) is 2.76. The summed E-state index contributed by atoms with van der Waals surface area (Å²) in [6.45, 7) is 0.504. The van der Waals surface area contributed by atoms with Gasteiger partial charge in [-0.3, -0.25) is 4.79 Å². The zero-order chi connectivity index (χ0) is 12.4. The fraction of sp³-hybridized carbons (Fsp3) is 0.214. The lowest BCUT2D eigenvalue weighted by Gasteiger charge is -2.11. The first-order valence-corrected chi connectivity index (χ1v) is 5.96. The standard InChI is InChI=1S/C14H14N2O2/c17-14(15-8-10-5-6-18-9-10)13-7-11-3-1-2-4-12(11)16-13/h1-6,9,13,16H,7-8H2,(H,15,17)/t13-/m0/s1. The van der Waals surface area contributed by atoms with Gasteiger partial charge in [-0.1, -0.05) is 18.2 Å². The van der Waals surface area contributed by atoms with E-state index in [0.717, 1.165) is 17.7 Å². The SMILES string of the molecule is O=C(NCc1ccoc1)[C@@H]1Cc2ccccc2N1. The lowest BCUT2D eigenvalue weighted by atomic mass is 10.1. The summed E-state index contributed by atoms with van der Waals surface area (Å²) in [5.41, 5.74) is 3.22. The number of hydrogen-bond acceptors (Lipinski definition) is 3. The molecule has 0 unspecified atom stereocenters. The van der Waals surface area contributed by atoms with Gasteiger partial charge in [0.1, 0.15) is 6.04 Å². The molecule has 0 saturated heterocycles. The molecule has 18 heavy (non-hydrogen) atoms. The van der Waals surface area contributed by atoms with Gasteiger partial charge in [0.25, 0.3) is 0 Å². The monoisotopic (exact) mass is 242 g/mol. The Balaban J connectivity index is 1.59. The number of furan rings is 1. The van der Waals surface area contributed by atoms with Crippen LogP contribution in [0.1, 0.15) is 11.1 Å². The lowest BCUT2D eigenvalue weighted by Crippen LogP contribution is -2.37. The van der Waals surface area contributed by atoms with Crippen molar-refractivity contribution in [1.82, 2.24) is 5.32 Å². The van der Waals surface area contributed by atoms with Crippen molar-refractivity contribution >= 4 is 11.6 Å². The van der Waals surface area contributed by atoms with E-state index in [1.807, 2.05) is 30.3 Å². The predicted molar refractivity (Wildman–Crippen MR) is 68.1 cm³/mol. The summed E-state index contributed by atoms with van der Waals surface area (Å²) in [5.74, 6) is 0.0207. The highest BCUT2D eigenvalue weighted by atomic mass is 16.3. The summed E-state index contributed by atoms with van der Waals surface area (Å²) in [6, 6.07) is 9.68. The van der Waals surface area contributed by atoms with E-state index < -0.39 is 0 Å². The number of rotatable bonds is 3. The molecule has 1 aliphatic heterocycles. The summed E-state index contributed by atoms with van der Waals surface area (Å²) in [5, 5.41) is 6.13. The highest BCUT2D eigenvalue weighted by molar-refractivity contribution is 5.87. The molecule has 0 saturated carbocycles. The minimum atomic E-state index is -0.172. The van der Waals surface area contributed by atoms with Gasteiger partial charge in [-0.2, -0.15) is 0 Å². The zero-order valence-corrected chi connectivity index (χ0v) is 9.85. The van der Waals surface area contributed by atoms with Crippen LogP contribution in [0, 0.1) is 0 Å². The molecule has 4 nitrogen and oxygen atoms in total. The van der Waals surface area contributed by atoms with Gasteiger partial charge >= 0.3 is 0 Å². The van der Waals surface area contributed by atoms with Crippen molar-refractivity contribution in [2.24, 2.45) is 0 Å². The van der Waals surface area contributed by atoms with Gasteiger partial charge in [0.2, 0.25) is 5.91 Å². The number of hydrogen-bond donors (Lipinski definition) is 2. The van der Waals surface area contributed by atoms with Gasteiger partial charge in [-0.25, -0.2) is 0 Å². The van der Waals surface area contributed by atoms with E-state index in [1.54, 1.807) is 12.5 Å². The lowest BCUT2D eigenvalue weighted by molar-refractivity contribution is -0.121. The van der Waals surface area contributed by atoms with E-state index in [4.69, 9.17) is 4.42 Å². The maximum atomic E-state index is 12.0. The molecule has 2 aromatic rings. The average Bonchev–Trinajstić information content (AvgIpc) is 3.04. The molecule has 3 rings (SSSR count). The van der Waals surface area contributed by atoms with Crippen LogP contribution in [0.4, 0.5) is 5.69 Å². The number of fused-ring (bicyclic) bond motifs is 1. The zero-order valence-electron chi connectivity index (χ0n) is 9.85. The van der Waals surface area contributed by atoms with Gasteiger partial charge in [0.05, 0.1) is 12.5 Å². The summed E-state index contributed by atoms with van der Waals surface area (Å²) < 4.78 is 4.96. The van der Waals surface area contributed by atoms with E-state index >= 15 is 0 Å². The van der Waals surface area contributed by atoms with E-state index in [1.165, 1.54) is 5.56 Å². The van der Waals surface area contributed by atoms with Crippen molar-refractivity contribution in [2.75, 3.05) is 5.32 Å². The number of carbonyl (C=O) groups excluding carboxylic acids is 1. The van der Waals surface area contributed by atoms with Crippen LogP contribution < -0.4 is 10.6 Å². The Morgan fingerprint density at radius 2 is 2.28 bits per heavy atom. The second kappa shape index (κ2) is 4.56. The quantitative estimate of drug-likeness (QED) is 0.864. The third-order valence-electron chi connectivity index (χ3n) is 3.13. The molecule has 0 spiro atoms. The Bertz CT molecular complexity index is 524. The first-order chi connectivity index (χ1) is 8.83. The first-order valence-electron chi connectivity index (χ1n) is 5.96. The minimum absolute atomic E-state index is 0.0207. The molecule has 1 aromatic carbocycles. The van der Waals surface area contributed by atoms with Gasteiger partial charge in [0, 0.05) is 24.2 Å². The molecule has 0 bridgehead atoms. The van der Waals surface area contributed by atoms with Crippen molar-refractivity contribution < 1.29 is 9.21 Å². The van der Waals surface area contributed by atoms with Crippen molar-refractivity contribution in [1.29, 1.82) is 0 Å². The minimum Gasteiger partial charge on any atom is -0.472 e. The second-order valence-corrected chi connectivity index (χ2v) is 4.41.